The van der Waals surface area contributed by atoms with E-state index in [1.54, 1.807) is 11.0 Å². The third-order valence-corrected chi connectivity index (χ3v) is 2.79. The van der Waals surface area contributed by atoms with Crippen molar-refractivity contribution in [1.29, 1.82) is 0 Å². The summed E-state index contributed by atoms with van der Waals surface area (Å²) < 4.78 is 1.67. The van der Waals surface area contributed by atoms with Crippen LogP contribution in [0.1, 0.15) is 5.82 Å². The number of aromatic nitrogens is 4. The SMILES string of the molecule is Cn1cnc(CNc2ccc3cc(N)ccc3n2)n1. The van der Waals surface area contributed by atoms with Crippen molar-refractivity contribution < 1.29 is 0 Å². The van der Waals surface area contributed by atoms with Crippen molar-refractivity contribution in [2.45, 2.75) is 6.54 Å². The quantitative estimate of drug-likeness (QED) is 0.693. The van der Waals surface area contributed by atoms with Gasteiger partial charge in [-0.25, -0.2) is 9.97 Å². The topological polar surface area (TPSA) is 81.7 Å². The Bertz CT molecular complexity index is 718. The summed E-state index contributed by atoms with van der Waals surface area (Å²) in [7, 11) is 1.84. The van der Waals surface area contributed by atoms with Crippen LogP contribution in [-0.4, -0.2) is 19.7 Å². The molecule has 0 atom stereocenters. The molecule has 1 aromatic carbocycles. The molecule has 2 heterocycles. The largest absolute Gasteiger partial charge is 0.399 e. The van der Waals surface area contributed by atoms with E-state index in [1.807, 2.05) is 37.4 Å². The van der Waals surface area contributed by atoms with Crippen molar-refractivity contribution in [3.8, 4) is 0 Å². The molecular formula is C13H14N6. The number of pyridine rings is 1. The number of nitrogens with two attached hydrogens (primary N) is 1. The summed E-state index contributed by atoms with van der Waals surface area (Å²) in [4.78, 5) is 8.66. The molecule has 0 unspecified atom stereocenters. The van der Waals surface area contributed by atoms with Crippen molar-refractivity contribution >= 4 is 22.4 Å². The van der Waals surface area contributed by atoms with Gasteiger partial charge < -0.3 is 11.1 Å². The molecule has 0 radical (unpaired) electrons. The maximum atomic E-state index is 5.74. The number of nitrogen functional groups attached to an aromatic ring is 1. The Hall–Kier alpha value is -2.63. The van der Waals surface area contributed by atoms with Gasteiger partial charge >= 0.3 is 0 Å². The van der Waals surface area contributed by atoms with Crippen molar-refractivity contribution in [3.05, 3.63) is 42.5 Å². The summed E-state index contributed by atoms with van der Waals surface area (Å²) in [5.41, 5.74) is 7.39. The van der Waals surface area contributed by atoms with Gasteiger partial charge in [-0.3, -0.25) is 4.68 Å². The molecule has 3 N–H and O–H groups in total. The normalized spacial score (nSPS) is 10.8. The maximum Gasteiger partial charge on any atom is 0.169 e. The number of hydrogen-bond acceptors (Lipinski definition) is 5. The van der Waals surface area contributed by atoms with Gasteiger partial charge in [0.1, 0.15) is 12.1 Å². The fraction of sp³-hybridized carbons (Fsp3) is 0.154. The smallest absolute Gasteiger partial charge is 0.169 e. The van der Waals surface area contributed by atoms with E-state index in [0.717, 1.165) is 28.2 Å². The van der Waals surface area contributed by atoms with Crippen LogP contribution < -0.4 is 11.1 Å². The van der Waals surface area contributed by atoms with Gasteiger partial charge in [-0.1, -0.05) is 0 Å². The summed E-state index contributed by atoms with van der Waals surface area (Å²) in [6.45, 7) is 0.550. The third-order valence-electron chi connectivity index (χ3n) is 2.79. The van der Waals surface area contributed by atoms with Gasteiger partial charge in [0.25, 0.3) is 0 Å². The number of anilines is 2. The van der Waals surface area contributed by atoms with E-state index in [4.69, 9.17) is 5.73 Å². The molecule has 6 heteroatoms. The van der Waals surface area contributed by atoms with Crippen LogP contribution in [0, 0.1) is 0 Å². The molecule has 3 rings (SSSR count). The van der Waals surface area contributed by atoms with E-state index in [9.17, 15) is 0 Å². The van der Waals surface area contributed by atoms with Crippen molar-refractivity contribution in [2.75, 3.05) is 11.1 Å². The maximum absolute atomic E-state index is 5.74. The fourth-order valence-corrected chi connectivity index (χ4v) is 1.88. The van der Waals surface area contributed by atoms with E-state index in [2.05, 4.69) is 20.4 Å². The second-order valence-electron chi connectivity index (χ2n) is 4.34. The van der Waals surface area contributed by atoms with Gasteiger partial charge in [0.2, 0.25) is 0 Å². The van der Waals surface area contributed by atoms with E-state index < -0.39 is 0 Å². The van der Waals surface area contributed by atoms with Gasteiger partial charge in [-0.05, 0) is 30.3 Å². The number of fused-ring (bicyclic) bond motifs is 1. The van der Waals surface area contributed by atoms with Crippen LogP contribution in [0.4, 0.5) is 11.5 Å². The molecule has 0 saturated carbocycles. The van der Waals surface area contributed by atoms with Gasteiger partial charge in [-0.2, -0.15) is 5.10 Å². The van der Waals surface area contributed by atoms with Gasteiger partial charge in [0, 0.05) is 18.1 Å². The Kier molecular flexibility index (Phi) is 2.75. The molecule has 0 fully saturated rings. The second-order valence-corrected chi connectivity index (χ2v) is 4.34. The Labute approximate surface area is 110 Å². The molecule has 6 nitrogen and oxygen atoms in total. The molecule has 0 bridgehead atoms. The van der Waals surface area contributed by atoms with E-state index >= 15 is 0 Å². The summed E-state index contributed by atoms with van der Waals surface area (Å²) in [6, 6.07) is 9.58. The number of nitrogens with zero attached hydrogens (tertiary/aromatic N) is 4. The highest BCUT2D eigenvalue weighted by atomic mass is 15.3. The second kappa shape index (κ2) is 4.56. The molecule has 0 amide bonds. The Morgan fingerprint density at radius 1 is 1.26 bits per heavy atom. The Morgan fingerprint density at radius 2 is 2.16 bits per heavy atom. The van der Waals surface area contributed by atoms with Crippen molar-refractivity contribution in [1.82, 2.24) is 19.7 Å². The minimum atomic E-state index is 0.550. The first-order valence-electron chi connectivity index (χ1n) is 5.95. The molecule has 3 aromatic rings. The number of aryl methyl sites for hydroxylation is 1. The first kappa shape index (κ1) is 11.5. The molecule has 0 aliphatic rings. The number of benzene rings is 1. The van der Waals surface area contributed by atoms with Crippen LogP contribution in [-0.2, 0) is 13.6 Å². The summed E-state index contributed by atoms with van der Waals surface area (Å²) in [5, 5.41) is 8.43. The van der Waals surface area contributed by atoms with E-state index in [-0.39, 0.29) is 0 Å². The molecular weight excluding hydrogens is 240 g/mol. The highest BCUT2D eigenvalue weighted by molar-refractivity contribution is 5.83. The van der Waals surface area contributed by atoms with Crippen LogP contribution in [0.25, 0.3) is 10.9 Å². The molecule has 2 aromatic heterocycles. The lowest BCUT2D eigenvalue weighted by molar-refractivity contribution is 0.747. The zero-order chi connectivity index (χ0) is 13.2. The lowest BCUT2D eigenvalue weighted by Crippen LogP contribution is -2.03. The van der Waals surface area contributed by atoms with Crippen LogP contribution in [0.3, 0.4) is 0 Å². The third kappa shape index (κ3) is 2.47. The van der Waals surface area contributed by atoms with Crippen molar-refractivity contribution in [3.63, 3.8) is 0 Å². The van der Waals surface area contributed by atoms with Gasteiger partial charge in [-0.15, -0.1) is 0 Å². The average molecular weight is 254 g/mol. The lowest BCUT2D eigenvalue weighted by Gasteiger charge is -2.05. The standard InChI is InChI=1S/C13H14N6/c1-19-8-16-13(18-19)7-15-12-5-2-9-6-10(14)3-4-11(9)17-12/h2-6,8H,7,14H2,1H3,(H,15,17). The van der Waals surface area contributed by atoms with Crippen LogP contribution >= 0.6 is 0 Å². The zero-order valence-corrected chi connectivity index (χ0v) is 10.5. The highest BCUT2D eigenvalue weighted by Gasteiger charge is 2.01. The monoisotopic (exact) mass is 254 g/mol. The van der Waals surface area contributed by atoms with E-state index in [1.165, 1.54) is 0 Å². The highest BCUT2D eigenvalue weighted by Crippen LogP contribution is 2.18. The average Bonchev–Trinajstić information content (AvgIpc) is 2.82. The first-order chi connectivity index (χ1) is 9.20. The number of rotatable bonds is 3. The predicted octanol–water partition coefficient (Wildman–Crippen LogP) is 1.56. The molecule has 96 valence electrons. The van der Waals surface area contributed by atoms with Gasteiger partial charge in [0.05, 0.1) is 12.1 Å². The molecule has 0 saturated heterocycles. The minimum absolute atomic E-state index is 0.550. The minimum Gasteiger partial charge on any atom is -0.399 e. The first-order valence-corrected chi connectivity index (χ1v) is 5.95. The lowest BCUT2D eigenvalue weighted by atomic mass is 10.2. The summed E-state index contributed by atoms with van der Waals surface area (Å²) >= 11 is 0. The molecule has 19 heavy (non-hydrogen) atoms. The molecule has 0 spiro atoms. The number of hydrogen-bond donors (Lipinski definition) is 2. The fourth-order valence-electron chi connectivity index (χ4n) is 1.88. The summed E-state index contributed by atoms with van der Waals surface area (Å²) in [5.74, 6) is 1.53. The molecule has 0 aliphatic heterocycles. The zero-order valence-electron chi connectivity index (χ0n) is 10.5. The van der Waals surface area contributed by atoms with Crippen LogP contribution in [0.2, 0.25) is 0 Å². The van der Waals surface area contributed by atoms with Gasteiger partial charge in [0.15, 0.2) is 5.82 Å². The summed E-state index contributed by atoms with van der Waals surface area (Å²) in [6.07, 6.45) is 1.67. The van der Waals surface area contributed by atoms with Crippen LogP contribution in [0.15, 0.2) is 36.7 Å². The van der Waals surface area contributed by atoms with Crippen molar-refractivity contribution in [2.24, 2.45) is 7.05 Å². The van der Waals surface area contributed by atoms with Crippen LogP contribution in [0.5, 0.6) is 0 Å². The van der Waals surface area contributed by atoms with E-state index in [0.29, 0.717) is 6.54 Å². The Balaban J connectivity index is 1.79. The Morgan fingerprint density at radius 3 is 2.95 bits per heavy atom. The number of nitrogens with one attached hydrogen (secondary N) is 1. The predicted molar refractivity (Wildman–Crippen MR) is 74.5 cm³/mol. The molecule has 0 aliphatic carbocycles.